The maximum absolute atomic E-state index is 11.5. The van der Waals surface area contributed by atoms with Crippen LogP contribution in [0.1, 0.15) is 0 Å². The van der Waals surface area contributed by atoms with Crippen molar-refractivity contribution in [1.82, 2.24) is 4.72 Å². The van der Waals surface area contributed by atoms with Crippen molar-refractivity contribution in [3.63, 3.8) is 0 Å². The minimum Gasteiger partial charge on any atom is -0.398 e. The van der Waals surface area contributed by atoms with Crippen LogP contribution in [0.2, 0.25) is 5.02 Å². The number of rotatable bonds is 2. The number of amides is 2. The van der Waals surface area contributed by atoms with Gasteiger partial charge in [0.25, 0.3) is 10.0 Å². The zero-order chi connectivity index (χ0) is 11.6. The molecule has 82 valence electrons. The van der Waals surface area contributed by atoms with Gasteiger partial charge in [0, 0.05) is 5.02 Å². The van der Waals surface area contributed by atoms with E-state index in [2.05, 4.69) is 0 Å². The molecule has 0 radical (unpaired) electrons. The van der Waals surface area contributed by atoms with Crippen molar-refractivity contribution in [2.45, 2.75) is 4.90 Å². The number of anilines is 1. The third-order valence-electron chi connectivity index (χ3n) is 1.50. The second-order valence-corrected chi connectivity index (χ2v) is 4.74. The normalized spacial score (nSPS) is 11.0. The van der Waals surface area contributed by atoms with Crippen molar-refractivity contribution in [3.8, 4) is 0 Å². The Hall–Kier alpha value is -1.47. The highest BCUT2D eigenvalue weighted by Gasteiger charge is 2.19. The molecular formula is C7H8ClN3O3S. The molecule has 1 aromatic rings. The molecule has 0 unspecified atom stereocenters. The molecule has 0 heterocycles. The average molecular weight is 250 g/mol. The van der Waals surface area contributed by atoms with Crippen LogP contribution in [0.4, 0.5) is 10.5 Å². The Morgan fingerprint density at radius 2 is 2.00 bits per heavy atom. The molecule has 0 aromatic heterocycles. The zero-order valence-corrected chi connectivity index (χ0v) is 8.97. The first kappa shape index (κ1) is 11.6. The van der Waals surface area contributed by atoms with Gasteiger partial charge in [0.05, 0.1) is 5.69 Å². The molecule has 0 aliphatic carbocycles. The van der Waals surface area contributed by atoms with E-state index in [0.29, 0.717) is 0 Å². The summed E-state index contributed by atoms with van der Waals surface area (Å²) in [5.74, 6) is 0. The Morgan fingerprint density at radius 3 is 2.53 bits per heavy atom. The largest absolute Gasteiger partial charge is 0.398 e. The quantitative estimate of drug-likeness (QED) is 0.653. The van der Waals surface area contributed by atoms with E-state index in [-0.39, 0.29) is 15.6 Å². The number of sulfonamides is 1. The Morgan fingerprint density at radius 1 is 1.40 bits per heavy atom. The number of nitrogen functional groups attached to an aromatic ring is 1. The van der Waals surface area contributed by atoms with E-state index in [9.17, 15) is 13.2 Å². The van der Waals surface area contributed by atoms with E-state index in [0.717, 1.165) is 6.07 Å². The fraction of sp³-hybridized carbons (Fsp3) is 0. The minimum atomic E-state index is -4.05. The summed E-state index contributed by atoms with van der Waals surface area (Å²) in [7, 11) is -4.05. The number of hydrogen-bond donors (Lipinski definition) is 3. The van der Waals surface area contributed by atoms with E-state index in [1.54, 1.807) is 4.72 Å². The van der Waals surface area contributed by atoms with Crippen LogP contribution in [0, 0.1) is 0 Å². The number of urea groups is 1. The first-order valence-electron chi connectivity index (χ1n) is 3.70. The topological polar surface area (TPSA) is 115 Å². The van der Waals surface area contributed by atoms with Crippen LogP contribution < -0.4 is 16.2 Å². The van der Waals surface area contributed by atoms with E-state index in [1.165, 1.54) is 12.1 Å². The Bertz CT molecular complexity index is 500. The van der Waals surface area contributed by atoms with Gasteiger partial charge in [0.15, 0.2) is 0 Å². The van der Waals surface area contributed by atoms with E-state index in [4.69, 9.17) is 23.1 Å². The molecular weight excluding hydrogens is 242 g/mol. The first-order valence-corrected chi connectivity index (χ1v) is 5.56. The molecule has 5 N–H and O–H groups in total. The maximum Gasteiger partial charge on any atom is 0.326 e. The average Bonchev–Trinajstić information content (AvgIpc) is 2.06. The molecule has 0 fully saturated rings. The van der Waals surface area contributed by atoms with Crippen LogP contribution in [0.25, 0.3) is 0 Å². The van der Waals surface area contributed by atoms with Gasteiger partial charge in [-0.05, 0) is 18.2 Å². The van der Waals surface area contributed by atoms with Gasteiger partial charge in [-0.1, -0.05) is 11.6 Å². The molecule has 0 atom stereocenters. The summed E-state index contributed by atoms with van der Waals surface area (Å²) in [4.78, 5) is 10.2. The second kappa shape index (κ2) is 3.95. The van der Waals surface area contributed by atoms with Crippen molar-refractivity contribution in [2.24, 2.45) is 5.73 Å². The number of carbonyl (C=O) groups is 1. The SMILES string of the molecule is NC(=O)NS(=O)(=O)c1cc(Cl)ccc1N. The van der Waals surface area contributed by atoms with Crippen molar-refractivity contribution in [2.75, 3.05) is 5.73 Å². The predicted molar refractivity (Wildman–Crippen MR) is 55.8 cm³/mol. The summed E-state index contributed by atoms with van der Waals surface area (Å²) in [6.45, 7) is 0. The Balaban J connectivity index is 3.26. The van der Waals surface area contributed by atoms with Crippen LogP contribution in [-0.4, -0.2) is 14.4 Å². The number of halogens is 1. The lowest BCUT2D eigenvalue weighted by molar-refractivity contribution is 0.253. The van der Waals surface area contributed by atoms with Gasteiger partial charge in [0.1, 0.15) is 4.90 Å². The van der Waals surface area contributed by atoms with Gasteiger partial charge in [-0.3, -0.25) is 0 Å². The Kier molecular flexibility index (Phi) is 3.06. The lowest BCUT2D eigenvalue weighted by Crippen LogP contribution is -2.35. The highest BCUT2D eigenvalue weighted by molar-refractivity contribution is 7.90. The molecule has 0 aliphatic rings. The van der Waals surface area contributed by atoms with Gasteiger partial charge < -0.3 is 11.5 Å². The monoisotopic (exact) mass is 249 g/mol. The van der Waals surface area contributed by atoms with E-state index in [1.807, 2.05) is 0 Å². The number of hydrogen-bond acceptors (Lipinski definition) is 4. The smallest absolute Gasteiger partial charge is 0.326 e. The summed E-state index contributed by atoms with van der Waals surface area (Å²) in [5, 5.41) is 0.189. The number of primary amides is 1. The summed E-state index contributed by atoms with van der Waals surface area (Å²) < 4.78 is 24.5. The second-order valence-electron chi connectivity index (χ2n) is 2.65. The lowest BCUT2D eigenvalue weighted by atomic mass is 10.3. The summed E-state index contributed by atoms with van der Waals surface area (Å²) >= 11 is 5.60. The maximum atomic E-state index is 11.5. The van der Waals surface area contributed by atoms with Gasteiger partial charge in [-0.25, -0.2) is 17.9 Å². The molecule has 0 saturated heterocycles. The van der Waals surface area contributed by atoms with Gasteiger partial charge in [-0.2, -0.15) is 0 Å². The number of benzene rings is 1. The molecule has 15 heavy (non-hydrogen) atoms. The molecule has 2 amide bonds. The highest BCUT2D eigenvalue weighted by atomic mass is 35.5. The third-order valence-corrected chi connectivity index (χ3v) is 3.14. The number of nitrogens with two attached hydrogens (primary N) is 2. The fourth-order valence-corrected chi connectivity index (χ4v) is 2.20. The third kappa shape index (κ3) is 2.74. The molecule has 0 spiro atoms. The molecule has 0 aliphatic heterocycles. The van der Waals surface area contributed by atoms with Gasteiger partial charge >= 0.3 is 6.03 Å². The summed E-state index contributed by atoms with van der Waals surface area (Å²) in [5.41, 5.74) is 10.1. The zero-order valence-electron chi connectivity index (χ0n) is 7.40. The summed E-state index contributed by atoms with van der Waals surface area (Å²) in [6, 6.07) is 2.69. The molecule has 1 rings (SSSR count). The number of carbonyl (C=O) groups excluding carboxylic acids is 1. The van der Waals surface area contributed by atoms with Crippen LogP contribution in [0.3, 0.4) is 0 Å². The van der Waals surface area contributed by atoms with E-state index >= 15 is 0 Å². The number of nitrogens with one attached hydrogen (secondary N) is 1. The molecule has 1 aromatic carbocycles. The van der Waals surface area contributed by atoms with Gasteiger partial charge in [-0.15, -0.1) is 0 Å². The Labute approximate surface area is 91.3 Å². The minimum absolute atomic E-state index is 0.0202. The summed E-state index contributed by atoms with van der Waals surface area (Å²) in [6.07, 6.45) is 0. The van der Waals surface area contributed by atoms with Crippen LogP contribution in [0.15, 0.2) is 23.1 Å². The predicted octanol–water partition coefficient (Wildman–Crippen LogP) is 0.279. The van der Waals surface area contributed by atoms with Crippen LogP contribution in [-0.2, 0) is 10.0 Å². The highest BCUT2D eigenvalue weighted by Crippen LogP contribution is 2.22. The van der Waals surface area contributed by atoms with Gasteiger partial charge in [0.2, 0.25) is 0 Å². The van der Waals surface area contributed by atoms with Crippen molar-refractivity contribution in [3.05, 3.63) is 23.2 Å². The van der Waals surface area contributed by atoms with E-state index < -0.39 is 16.1 Å². The fourth-order valence-electron chi connectivity index (χ4n) is 0.928. The lowest BCUT2D eigenvalue weighted by Gasteiger charge is -2.07. The van der Waals surface area contributed by atoms with Crippen molar-refractivity contribution in [1.29, 1.82) is 0 Å². The van der Waals surface area contributed by atoms with Crippen LogP contribution >= 0.6 is 11.6 Å². The standard InChI is InChI=1S/C7H8ClN3O3S/c8-4-1-2-5(9)6(3-4)15(13,14)11-7(10)12/h1-3H,9H2,(H3,10,11,12). The molecule has 0 saturated carbocycles. The van der Waals surface area contributed by atoms with Crippen molar-refractivity contribution >= 4 is 33.3 Å². The molecule has 8 heteroatoms. The van der Waals surface area contributed by atoms with Crippen LogP contribution in [0.5, 0.6) is 0 Å². The molecule has 6 nitrogen and oxygen atoms in total. The first-order chi connectivity index (χ1) is 6.83. The van der Waals surface area contributed by atoms with Crippen molar-refractivity contribution < 1.29 is 13.2 Å². The molecule has 0 bridgehead atoms.